The van der Waals surface area contributed by atoms with E-state index in [-0.39, 0.29) is 0 Å². The Morgan fingerprint density at radius 3 is 1.59 bits per heavy atom. The topological polar surface area (TPSA) is 8.17 Å². The normalized spacial score (nSPS) is 11.4. The van der Waals surface area contributed by atoms with Gasteiger partial charge >= 0.3 is 0 Å². The molecule has 64 heavy (non-hydrogen) atoms. The molecule has 1 aromatic heterocycles. The van der Waals surface area contributed by atoms with Crippen molar-refractivity contribution in [3.63, 3.8) is 0 Å². The van der Waals surface area contributed by atoms with Crippen LogP contribution in [0.5, 0.6) is 0 Å². The maximum atomic E-state index is 2.44. The first-order chi connectivity index (χ1) is 31.8. The van der Waals surface area contributed by atoms with E-state index in [0.717, 1.165) is 33.9 Å². The van der Waals surface area contributed by atoms with Crippen molar-refractivity contribution in [1.82, 2.24) is 4.57 Å². The van der Waals surface area contributed by atoms with Gasteiger partial charge in [-0.25, -0.2) is 0 Å². The summed E-state index contributed by atoms with van der Waals surface area (Å²) in [6, 6.07) is 92.7. The number of aromatic nitrogens is 1. The van der Waals surface area contributed by atoms with Gasteiger partial charge in [-0.2, -0.15) is 0 Å². The Morgan fingerprint density at radius 1 is 0.281 bits per heavy atom. The first kappa shape index (κ1) is 37.3. The third kappa shape index (κ3) is 6.35. The van der Waals surface area contributed by atoms with E-state index in [4.69, 9.17) is 0 Å². The lowest BCUT2D eigenvalue weighted by molar-refractivity contribution is 1.18. The second-order valence-electron chi connectivity index (χ2n) is 16.4. The highest BCUT2D eigenvalue weighted by molar-refractivity contribution is 6.10. The molecule has 0 aliphatic carbocycles. The number of para-hydroxylation sites is 4. The van der Waals surface area contributed by atoms with Crippen LogP contribution in [0.3, 0.4) is 0 Å². The summed E-state index contributed by atoms with van der Waals surface area (Å²) >= 11 is 0. The number of hydrogen-bond acceptors (Lipinski definition) is 1. The molecule has 300 valence electrons. The third-order valence-corrected chi connectivity index (χ3v) is 12.8. The Bertz CT molecular complexity index is 3610. The van der Waals surface area contributed by atoms with Crippen molar-refractivity contribution in [2.45, 2.75) is 0 Å². The predicted octanol–water partition coefficient (Wildman–Crippen LogP) is 17.2. The molecule has 0 bridgehead atoms. The van der Waals surface area contributed by atoms with E-state index in [1.165, 1.54) is 76.7 Å². The van der Waals surface area contributed by atoms with Gasteiger partial charge in [-0.15, -0.1) is 0 Å². The molecule has 0 aliphatic heterocycles. The summed E-state index contributed by atoms with van der Waals surface area (Å²) in [5.41, 5.74) is 16.3. The molecule has 2 heteroatoms. The molecule has 1 heterocycles. The van der Waals surface area contributed by atoms with Crippen LogP contribution in [0, 0.1) is 0 Å². The van der Waals surface area contributed by atoms with Gasteiger partial charge in [-0.05, 0) is 103 Å². The highest BCUT2D eigenvalue weighted by atomic mass is 15.1. The molecule has 11 aromatic carbocycles. The van der Waals surface area contributed by atoms with Gasteiger partial charge in [0, 0.05) is 33.3 Å². The highest BCUT2D eigenvalue weighted by Crippen LogP contribution is 2.46. The Kier molecular flexibility index (Phi) is 9.20. The smallest absolute Gasteiger partial charge is 0.0541 e. The minimum absolute atomic E-state index is 1.07. The summed E-state index contributed by atoms with van der Waals surface area (Å²) in [6.45, 7) is 0. The fourth-order valence-electron chi connectivity index (χ4n) is 9.91. The number of anilines is 3. The largest absolute Gasteiger partial charge is 0.310 e. The van der Waals surface area contributed by atoms with Crippen LogP contribution in [0.2, 0.25) is 0 Å². The maximum absolute atomic E-state index is 2.44. The lowest BCUT2D eigenvalue weighted by Gasteiger charge is -2.29. The van der Waals surface area contributed by atoms with Crippen LogP contribution in [0.4, 0.5) is 17.1 Å². The standard InChI is InChI=1S/C62H42N2/c1-2-20-46(21-3-1)62-52-27-7-5-19-44(52)38-41-53(62)47-23-16-24-49(42-47)63(59-33-13-9-28-55(59)54-31-17-22-43-18-4-6-25-50(43)54)48-39-36-45(37-40-48)51-26-8-12-32-58(51)64-60-34-14-10-29-56(60)57-30-11-15-35-61(57)64/h1-42H. The Morgan fingerprint density at radius 2 is 0.828 bits per heavy atom. The van der Waals surface area contributed by atoms with Gasteiger partial charge in [0.25, 0.3) is 0 Å². The number of fused-ring (bicyclic) bond motifs is 5. The van der Waals surface area contributed by atoms with E-state index in [1.807, 2.05) is 0 Å². The zero-order valence-electron chi connectivity index (χ0n) is 35.1. The van der Waals surface area contributed by atoms with Gasteiger partial charge in [-0.3, -0.25) is 0 Å². The van der Waals surface area contributed by atoms with Gasteiger partial charge in [0.2, 0.25) is 0 Å². The summed E-state index contributed by atoms with van der Waals surface area (Å²) in [6.07, 6.45) is 0. The van der Waals surface area contributed by atoms with Crippen molar-refractivity contribution < 1.29 is 0 Å². The monoisotopic (exact) mass is 814 g/mol. The van der Waals surface area contributed by atoms with Gasteiger partial charge in [0.05, 0.1) is 22.4 Å². The molecule has 0 radical (unpaired) electrons. The first-order valence-corrected chi connectivity index (χ1v) is 22.0. The average molecular weight is 815 g/mol. The van der Waals surface area contributed by atoms with Crippen LogP contribution in [0.15, 0.2) is 255 Å². The molecule has 0 unspecified atom stereocenters. The molecular formula is C62H42N2. The quantitative estimate of drug-likeness (QED) is 0.148. The minimum atomic E-state index is 1.07. The van der Waals surface area contributed by atoms with E-state index >= 15 is 0 Å². The number of hydrogen-bond donors (Lipinski definition) is 0. The van der Waals surface area contributed by atoms with Crippen LogP contribution in [-0.4, -0.2) is 4.57 Å². The van der Waals surface area contributed by atoms with Crippen LogP contribution >= 0.6 is 0 Å². The average Bonchev–Trinajstić information content (AvgIpc) is 3.71. The van der Waals surface area contributed by atoms with E-state index in [2.05, 4.69) is 264 Å². The zero-order chi connectivity index (χ0) is 42.4. The summed E-state index contributed by atoms with van der Waals surface area (Å²) in [5, 5.41) is 7.43. The van der Waals surface area contributed by atoms with Crippen molar-refractivity contribution in [1.29, 1.82) is 0 Å². The summed E-state index contributed by atoms with van der Waals surface area (Å²) in [4.78, 5) is 2.44. The van der Waals surface area contributed by atoms with E-state index in [0.29, 0.717) is 0 Å². The third-order valence-electron chi connectivity index (χ3n) is 12.8. The second kappa shape index (κ2) is 15.8. The Labute approximate surface area is 373 Å². The molecule has 12 rings (SSSR count). The van der Waals surface area contributed by atoms with Gasteiger partial charge in [-0.1, -0.05) is 206 Å². The van der Waals surface area contributed by atoms with Crippen LogP contribution in [0.1, 0.15) is 0 Å². The van der Waals surface area contributed by atoms with E-state index in [9.17, 15) is 0 Å². The lowest BCUT2D eigenvalue weighted by atomic mass is 9.89. The molecular weight excluding hydrogens is 773 g/mol. The van der Waals surface area contributed by atoms with Crippen molar-refractivity contribution in [2.75, 3.05) is 4.90 Å². The SMILES string of the molecule is c1ccc(-c2c(-c3cccc(N(c4ccc(-c5ccccc5-n5c6ccccc6c6ccccc65)cc4)c4ccccc4-c4cccc5ccccc45)c3)ccc3ccccc23)cc1. The number of nitrogens with zero attached hydrogens (tertiary/aromatic N) is 2. The molecule has 0 atom stereocenters. The molecule has 0 fully saturated rings. The Balaban J connectivity index is 1.04. The summed E-state index contributed by atoms with van der Waals surface area (Å²) < 4.78 is 2.42. The number of rotatable bonds is 8. The minimum Gasteiger partial charge on any atom is -0.310 e. The molecule has 2 nitrogen and oxygen atoms in total. The zero-order valence-corrected chi connectivity index (χ0v) is 35.1. The summed E-state index contributed by atoms with van der Waals surface area (Å²) in [5.74, 6) is 0. The van der Waals surface area contributed by atoms with Gasteiger partial charge < -0.3 is 9.47 Å². The molecule has 12 aromatic rings. The molecule has 0 saturated carbocycles. The highest BCUT2D eigenvalue weighted by Gasteiger charge is 2.21. The molecule has 0 aliphatic rings. The first-order valence-electron chi connectivity index (χ1n) is 22.0. The Hall–Kier alpha value is -8.46. The van der Waals surface area contributed by atoms with Crippen molar-refractivity contribution in [3.8, 4) is 50.2 Å². The lowest BCUT2D eigenvalue weighted by Crippen LogP contribution is -2.11. The number of benzene rings is 11. The molecule has 0 saturated heterocycles. The van der Waals surface area contributed by atoms with Crippen LogP contribution in [0.25, 0.3) is 93.5 Å². The maximum Gasteiger partial charge on any atom is 0.0541 e. The second-order valence-corrected chi connectivity index (χ2v) is 16.4. The fraction of sp³-hybridized carbons (Fsp3) is 0. The summed E-state index contributed by atoms with van der Waals surface area (Å²) in [7, 11) is 0. The van der Waals surface area contributed by atoms with Crippen LogP contribution < -0.4 is 4.90 Å². The van der Waals surface area contributed by atoms with E-state index in [1.54, 1.807) is 0 Å². The molecule has 0 amide bonds. The van der Waals surface area contributed by atoms with E-state index < -0.39 is 0 Å². The van der Waals surface area contributed by atoms with Gasteiger partial charge in [0.15, 0.2) is 0 Å². The predicted molar refractivity (Wildman–Crippen MR) is 272 cm³/mol. The van der Waals surface area contributed by atoms with Crippen molar-refractivity contribution in [3.05, 3.63) is 255 Å². The van der Waals surface area contributed by atoms with Crippen LogP contribution in [-0.2, 0) is 0 Å². The molecule has 0 spiro atoms. The fourth-order valence-corrected chi connectivity index (χ4v) is 9.91. The molecule has 0 N–H and O–H groups in total. The van der Waals surface area contributed by atoms with Crippen molar-refractivity contribution in [2.24, 2.45) is 0 Å². The van der Waals surface area contributed by atoms with Gasteiger partial charge in [0.1, 0.15) is 0 Å². The van der Waals surface area contributed by atoms with Crippen molar-refractivity contribution >= 4 is 60.4 Å².